The molecule has 1 saturated heterocycles. The maximum absolute atomic E-state index is 13.1. The minimum absolute atomic E-state index is 0.181. The molecule has 3 heterocycles. The van der Waals surface area contributed by atoms with Crippen molar-refractivity contribution < 1.29 is 29.0 Å². The number of amides is 2. The summed E-state index contributed by atoms with van der Waals surface area (Å²) in [7, 11) is 0. The van der Waals surface area contributed by atoms with Crippen molar-refractivity contribution in [2.75, 3.05) is 12.9 Å². The standard InChI is InChI=1S/C19H21N3O6S2/c1-5-6-28-19(27)17(26)22-13(12(10(3)23)16(22)25)9(2)14(24)11-7-21-8-20-15(29-4)18(21)30-11/h5,7-10,12-13,23H,1,6H2,2-4H3/t9-,10-,12-,13-/m1/s1. The summed E-state index contributed by atoms with van der Waals surface area (Å²) in [5, 5.41) is 10.8. The van der Waals surface area contributed by atoms with Crippen LogP contribution in [-0.2, 0) is 19.1 Å². The summed E-state index contributed by atoms with van der Waals surface area (Å²) in [5.74, 6) is -5.16. The lowest BCUT2D eigenvalue weighted by atomic mass is 9.75. The number of imidazole rings is 1. The maximum Gasteiger partial charge on any atom is 0.397 e. The number of fused-ring (bicyclic) bond motifs is 1. The number of ether oxygens (including phenoxy) is 1. The molecule has 0 aromatic carbocycles. The zero-order valence-electron chi connectivity index (χ0n) is 16.6. The van der Waals surface area contributed by atoms with E-state index >= 15 is 0 Å². The fraction of sp³-hybridized carbons (Fsp3) is 0.421. The lowest BCUT2D eigenvalue weighted by molar-refractivity contribution is -0.181. The number of hydrogen-bond acceptors (Lipinski definition) is 9. The molecule has 4 atom stereocenters. The van der Waals surface area contributed by atoms with Crippen LogP contribution in [0.1, 0.15) is 23.5 Å². The lowest BCUT2D eigenvalue weighted by Crippen LogP contribution is -2.70. The van der Waals surface area contributed by atoms with E-state index in [2.05, 4.69) is 11.6 Å². The number of nitrogens with zero attached hydrogens (tertiary/aromatic N) is 3. The number of ketones is 1. The summed E-state index contributed by atoms with van der Waals surface area (Å²) in [6.45, 7) is 6.20. The Hall–Kier alpha value is -2.50. The van der Waals surface area contributed by atoms with Crippen LogP contribution < -0.4 is 0 Å². The van der Waals surface area contributed by atoms with Crippen LogP contribution in [0.2, 0.25) is 0 Å². The van der Waals surface area contributed by atoms with E-state index in [9.17, 15) is 24.3 Å². The van der Waals surface area contributed by atoms with Gasteiger partial charge in [0.05, 0.1) is 22.9 Å². The number of likely N-dealkylation sites (tertiary alicyclic amines) is 1. The maximum atomic E-state index is 13.1. The number of esters is 1. The van der Waals surface area contributed by atoms with Crippen LogP contribution in [0.5, 0.6) is 0 Å². The summed E-state index contributed by atoms with van der Waals surface area (Å²) in [5.41, 5.74) is 0. The fourth-order valence-electron chi connectivity index (χ4n) is 3.50. The van der Waals surface area contributed by atoms with Crippen molar-refractivity contribution >= 4 is 51.5 Å². The number of carbonyl (C=O) groups excluding carboxylic acids is 4. The highest BCUT2D eigenvalue weighted by atomic mass is 32.2. The molecule has 0 spiro atoms. The zero-order valence-corrected chi connectivity index (χ0v) is 18.2. The average Bonchev–Trinajstić information content (AvgIpc) is 3.29. The van der Waals surface area contributed by atoms with Crippen LogP contribution in [0, 0.1) is 11.8 Å². The predicted molar refractivity (Wildman–Crippen MR) is 110 cm³/mol. The van der Waals surface area contributed by atoms with Gasteiger partial charge in [0.25, 0.3) is 0 Å². The topological polar surface area (TPSA) is 118 Å². The number of carbonyl (C=O) groups is 4. The van der Waals surface area contributed by atoms with Crippen molar-refractivity contribution in [2.24, 2.45) is 11.8 Å². The molecule has 9 nitrogen and oxygen atoms in total. The Morgan fingerprint density at radius 2 is 2.13 bits per heavy atom. The number of thioether (sulfide) groups is 1. The van der Waals surface area contributed by atoms with Gasteiger partial charge in [0, 0.05) is 12.1 Å². The first-order valence-electron chi connectivity index (χ1n) is 9.10. The van der Waals surface area contributed by atoms with Gasteiger partial charge in [-0.3, -0.25) is 23.7 Å². The summed E-state index contributed by atoms with van der Waals surface area (Å²) in [4.78, 5) is 56.2. The quantitative estimate of drug-likeness (QED) is 0.168. The van der Waals surface area contributed by atoms with Gasteiger partial charge in [-0.25, -0.2) is 9.78 Å². The van der Waals surface area contributed by atoms with Crippen LogP contribution in [0.4, 0.5) is 0 Å². The van der Waals surface area contributed by atoms with Crippen molar-refractivity contribution in [3.63, 3.8) is 0 Å². The summed E-state index contributed by atoms with van der Waals surface area (Å²) >= 11 is 2.71. The molecule has 2 amide bonds. The minimum Gasteiger partial charge on any atom is -0.454 e. The van der Waals surface area contributed by atoms with Gasteiger partial charge in [-0.15, -0.1) is 23.1 Å². The summed E-state index contributed by atoms with van der Waals surface area (Å²) in [6, 6.07) is -0.951. The van der Waals surface area contributed by atoms with E-state index in [1.54, 1.807) is 23.8 Å². The highest BCUT2D eigenvalue weighted by Gasteiger charge is 2.57. The molecule has 1 aliphatic rings. The van der Waals surface area contributed by atoms with E-state index in [1.807, 2.05) is 6.26 Å². The van der Waals surface area contributed by atoms with Crippen molar-refractivity contribution in [2.45, 2.75) is 31.0 Å². The Morgan fingerprint density at radius 1 is 1.43 bits per heavy atom. The first-order chi connectivity index (χ1) is 14.2. The van der Waals surface area contributed by atoms with Crippen molar-refractivity contribution in [1.29, 1.82) is 0 Å². The second-order valence-electron chi connectivity index (χ2n) is 6.87. The molecular formula is C19H21N3O6S2. The number of aliphatic hydroxyl groups excluding tert-OH is 1. The molecule has 3 rings (SSSR count). The van der Waals surface area contributed by atoms with E-state index in [0.717, 1.165) is 14.8 Å². The Labute approximate surface area is 180 Å². The molecule has 2 aromatic rings. The molecule has 0 unspecified atom stereocenters. The molecule has 11 heteroatoms. The Morgan fingerprint density at radius 3 is 2.73 bits per heavy atom. The van der Waals surface area contributed by atoms with Crippen molar-refractivity contribution in [3.8, 4) is 0 Å². The second kappa shape index (κ2) is 8.70. The number of imide groups is 1. The lowest BCUT2D eigenvalue weighted by Gasteiger charge is -2.48. The second-order valence-corrected chi connectivity index (χ2v) is 8.70. The molecular weight excluding hydrogens is 430 g/mol. The number of Topliss-reactive ketones (excluding diaryl/α,β-unsaturated/α-hetero) is 1. The molecule has 1 fully saturated rings. The predicted octanol–water partition coefficient (Wildman–Crippen LogP) is 1.40. The molecule has 1 N–H and O–H groups in total. The van der Waals surface area contributed by atoms with E-state index in [4.69, 9.17) is 4.74 Å². The largest absolute Gasteiger partial charge is 0.454 e. The van der Waals surface area contributed by atoms with Gasteiger partial charge in [0.15, 0.2) is 5.78 Å². The molecule has 160 valence electrons. The van der Waals surface area contributed by atoms with Crippen molar-refractivity contribution in [3.05, 3.63) is 30.1 Å². The molecule has 2 aromatic heterocycles. The van der Waals surface area contributed by atoms with E-state index in [0.29, 0.717) is 4.88 Å². The number of hydrogen-bond donors (Lipinski definition) is 1. The van der Waals surface area contributed by atoms with Gasteiger partial charge >= 0.3 is 11.9 Å². The summed E-state index contributed by atoms with van der Waals surface area (Å²) < 4.78 is 6.46. The van der Waals surface area contributed by atoms with Gasteiger partial charge in [-0.1, -0.05) is 19.6 Å². The highest BCUT2D eigenvalue weighted by Crippen LogP contribution is 2.37. The van der Waals surface area contributed by atoms with Crippen LogP contribution in [-0.4, -0.2) is 68.0 Å². The van der Waals surface area contributed by atoms with Crippen molar-refractivity contribution in [1.82, 2.24) is 14.3 Å². The zero-order chi connectivity index (χ0) is 22.2. The van der Waals surface area contributed by atoms with Gasteiger partial charge < -0.3 is 9.84 Å². The monoisotopic (exact) mass is 451 g/mol. The van der Waals surface area contributed by atoms with E-state index in [1.165, 1.54) is 36.1 Å². The molecule has 0 aliphatic carbocycles. The average molecular weight is 452 g/mol. The van der Waals surface area contributed by atoms with Crippen LogP contribution in [0.15, 0.2) is 30.2 Å². The van der Waals surface area contributed by atoms with Gasteiger partial charge in [0.2, 0.25) is 5.91 Å². The van der Waals surface area contributed by atoms with Gasteiger partial charge in [-0.05, 0) is 13.2 Å². The third-order valence-electron chi connectivity index (χ3n) is 4.98. The van der Waals surface area contributed by atoms with Gasteiger partial charge in [-0.2, -0.15) is 0 Å². The third-order valence-corrected chi connectivity index (χ3v) is 6.91. The number of rotatable bonds is 7. The fourth-order valence-corrected chi connectivity index (χ4v) is 5.31. The number of thiazole rings is 1. The Balaban J connectivity index is 1.87. The third kappa shape index (κ3) is 3.68. The van der Waals surface area contributed by atoms with Crippen LogP contribution >= 0.6 is 23.1 Å². The number of aromatic nitrogens is 2. The van der Waals surface area contributed by atoms with E-state index in [-0.39, 0.29) is 12.4 Å². The normalized spacial score (nSPS) is 20.5. The van der Waals surface area contributed by atoms with Crippen LogP contribution in [0.3, 0.4) is 0 Å². The Kier molecular flexibility index (Phi) is 6.44. The smallest absolute Gasteiger partial charge is 0.397 e. The molecule has 1 aliphatic heterocycles. The van der Waals surface area contributed by atoms with E-state index < -0.39 is 41.8 Å². The number of aliphatic hydroxyl groups is 1. The van der Waals surface area contributed by atoms with Gasteiger partial charge in [0.1, 0.15) is 22.8 Å². The molecule has 0 saturated carbocycles. The Bertz CT molecular complexity index is 1030. The minimum atomic E-state index is -1.21. The SMILES string of the molecule is C=CCOC(=O)C(=O)N1C(=O)[C@H]([C@@H](C)O)[C@H]1[C@@H](C)C(=O)c1cn2cnc(SC)c2s1. The van der Waals surface area contributed by atoms with Crippen LogP contribution in [0.25, 0.3) is 4.83 Å². The number of β-lactam (4-membered cyclic amide) rings is 1. The molecule has 30 heavy (non-hydrogen) atoms. The first-order valence-corrected chi connectivity index (χ1v) is 11.1. The molecule has 0 radical (unpaired) electrons. The molecule has 0 bridgehead atoms. The first kappa shape index (κ1) is 22.2. The summed E-state index contributed by atoms with van der Waals surface area (Å²) in [6.07, 6.45) is 5.35. The highest BCUT2D eigenvalue weighted by molar-refractivity contribution is 7.98.